The minimum atomic E-state index is -0.745. The van der Waals surface area contributed by atoms with Gasteiger partial charge in [-0.25, -0.2) is 4.79 Å². The van der Waals surface area contributed by atoms with E-state index in [1.807, 2.05) is 11.8 Å². The van der Waals surface area contributed by atoms with Crippen LogP contribution in [-0.2, 0) is 9.53 Å². The average Bonchev–Trinajstić information content (AvgIpc) is 2.72. The molecule has 0 spiro atoms. The summed E-state index contributed by atoms with van der Waals surface area (Å²) in [5.74, 6) is 0.158. The van der Waals surface area contributed by atoms with E-state index in [4.69, 9.17) is 9.84 Å². The highest BCUT2D eigenvalue weighted by molar-refractivity contribution is 8.00. The van der Waals surface area contributed by atoms with Crippen molar-refractivity contribution in [1.82, 2.24) is 5.32 Å². The van der Waals surface area contributed by atoms with Crippen LogP contribution in [0.25, 0.3) is 0 Å². The number of carboxylic acids is 1. The first-order chi connectivity index (χ1) is 7.66. The molecule has 16 heavy (non-hydrogen) atoms. The standard InChI is InChI=1S/C10H15NO4S/c12-8(13)4-2-1-3-7-9-6(5-16-7)11-10(14)15-9/h6-7,9H,1-5H2,(H,11,14)(H,12,13)/t6?,7-,9-/m0/s1. The van der Waals surface area contributed by atoms with Gasteiger partial charge in [0.2, 0.25) is 0 Å². The van der Waals surface area contributed by atoms with E-state index < -0.39 is 5.97 Å². The fourth-order valence-corrected chi connectivity index (χ4v) is 3.63. The molecule has 5 nitrogen and oxygen atoms in total. The number of ether oxygens (including phenoxy) is 1. The summed E-state index contributed by atoms with van der Waals surface area (Å²) in [6.45, 7) is 0. The highest BCUT2D eigenvalue weighted by Gasteiger charge is 2.44. The Labute approximate surface area is 97.9 Å². The van der Waals surface area contributed by atoms with Gasteiger partial charge in [0.25, 0.3) is 0 Å². The summed E-state index contributed by atoms with van der Waals surface area (Å²) in [6.07, 6.45) is 2.40. The summed E-state index contributed by atoms with van der Waals surface area (Å²) in [7, 11) is 0. The molecule has 0 aromatic carbocycles. The van der Waals surface area contributed by atoms with Gasteiger partial charge in [-0.2, -0.15) is 11.8 Å². The highest BCUT2D eigenvalue weighted by atomic mass is 32.2. The van der Waals surface area contributed by atoms with E-state index in [1.165, 1.54) is 0 Å². The number of hydrogen-bond acceptors (Lipinski definition) is 4. The van der Waals surface area contributed by atoms with Crippen LogP contribution in [0.4, 0.5) is 4.79 Å². The Balaban J connectivity index is 1.70. The SMILES string of the molecule is O=C(O)CCCC[C@@H]1SCC2NC(=O)O[C@@H]21. The van der Waals surface area contributed by atoms with E-state index in [2.05, 4.69) is 5.32 Å². The van der Waals surface area contributed by atoms with E-state index in [-0.39, 0.29) is 24.7 Å². The maximum atomic E-state index is 11.0. The number of fused-ring (bicyclic) bond motifs is 1. The fraction of sp³-hybridized carbons (Fsp3) is 0.800. The van der Waals surface area contributed by atoms with Gasteiger partial charge < -0.3 is 15.2 Å². The van der Waals surface area contributed by atoms with Gasteiger partial charge in [-0.15, -0.1) is 0 Å². The van der Waals surface area contributed by atoms with Gasteiger partial charge in [0.15, 0.2) is 0 Å². The highest BCUT2D eigenvalue weighted by Crippen LogP contribution is 2.35. The van der Waals surface area contributed by atoms with Crippen molar-refractivity contribution < 1.29 is 19.4 Å². The number of carbonyl (C=O) groups is 2. The predicted octanol–water partition coefficient (Wildman–Crippen LogP) is 1.22. The molecule has 3 atom stereocenters. The number of amides is 1. The molecule has 0 bridgehead atoms. The topological polar surface area (TPSA) is 75.6 Å². The molecule has 0 aromatic heterocycles. The summed E-state index contributed by atoms with van der Waals surface area (Å²) in [5, 5.41) is 11.6. The van der Waals surface area contributed by atoms with Crippen LogP contribution < -0.4 is 5.32 Å². The number of alkyl carbamates (subject to hydrolysis) is 1. The number of nitrogens with one attached hydrogen (secondary N) is 1. The van der Waals surface area contributed by atoms with Crippen LogP contribution in [0.5, 0.6) is 0 Å². The zero-order valence-electron chi connectivity index (χ0n) is 8.85. The molecule has 2 saturated heterocycles. The van der Waals surface area contributed by atoms with Crippen molar-refractivity contribution >= 4 is 23.8 Å². The molecule has 2 fully saturated rings. The van der Waals surface area contributed by atoms with Gasteiger partial charge in [-0.3, -0.25) is 4.79 Å². The second kappa shape index (κ2) is 4.95. The first-order valence-corrected chi connectivity index (χ1v) is 6.52. The minimum Gasteiger partial charge on any atom is -0.481 e. The van der Waals surface area contributed by atoms with Crippen LogP contribution in [0, 0.1) is 0 Å². The Kier molecular flexibility index (Phi) is 3.58. The number of aliphatic carboxylic acids is 1. The van der Waals surface area contributed by atoms with Crippen molar-refractivity contribution in [2.45, 2.75) is 43.1 Å². The molecule has 0 aliphatic carbocycles. The summed E-state index contributed by atoms with van der Waals surface area (Å²) in [4.78, 5) is 21.3. The number of rotatable bonds is 5. The zero-order valence-corrected chi connectivity index (χ0v) is 9.66. The van der Waals surface area contributed by atoms with Gasteiger partial charge in [0.05, 0.1) is 6.04 Å². The molecule has 0 aromatic rings. The third kappa shape index (κ3) is 2.61. The second-order valence-corrected chi connectivity index (χ2v) is 5.40. The molecule has 2 aliphatic rings. The van der Waals surface area contributed by atoms with Crippen molar-refractivity contribution in [2.24, 2.45) is 0 Å². The summed E-state index contributed by atoms with van der Waals surface area (Å²) in [6, 6.07) is 0.155. The molecule has 1 unspecified atom stereocenters. The smallest absolute Gasteiger partial charge is 0.407 e. The number of unbranched alkanes of at least 4 members (excludes halogenated alkanes) is 1. The fourth-order valence-electron chi connectivity index (χ4n) is 2.14. The second-order valence-electron chi connectivity index (χ2n) is 4.13. The van der Waals surface area contributed by atoms with Gasteiger partial charge >= 0.3 is 12.1 Å². The normalized spacial score (nSPS) is 32.0. The van der Waals surface area contributed by atoms with E-state index in [9.17, 15) is 9.59 Å². The average molecular weight is 245 g/mol. The van der Waals surface area contributed by atoms with Gasteiger partial charge in [0, 0.05) is 17.4 Å². The molecule has 2 heterocycles. The quantitative estimate of drug-likeness (QED) is 0.712. The van der Waals surface area contributed by atoms with Crippen molar-refractivity contribution in [3.05, 3.63) is 0 Å². The van der Waals surface area contributed by atoms with Crippen LogP contribution in [-0.4, -0.2) is 40.3 Å². The molecule has 1 amide bonds. The van der Waals surface area contributed by atoms with Gasteiger partial charge in [0.1, 0.15) is 6.10 Å². The minimum absolute atomic E-state index is 0.0117. The monoisotopic (exact) mass is 245 g/mol. The van der Waals surface area contributed by atoms with Crippen LogP contribution in [0.2, 0.25) is 0 Å². The third-order valence-electron chi connectivity index (χ3n) is 2.93. The first-order valence-electron chi connectivity index (χ1n) is 5.47. The lowest BCUT2D eigenvalue weighted by molar-refractivity contribution is -0.137. The molecule has 90 valence electrons. The molecule has 6 heteroatoms. The van der Waals surface area contributed by atoms with Gasteiger partial charge in [-0.1, -0.05) is 6.42 Å². The molecular formula is C10H15NO4S. The lowest BCUT2D eigenvalue weighted by atomic mass is 10.0. The molecule has 2 aliphatic heterocycles. The summed E-state index contributed by atoms with van der Waals surface area (Å²) < 4.78 is 5.19. The maximum Gasteiger partial charge on any atom is 0.407 e. The molecule has 2 N–H and O–H groups in total. The van der Waals surface area contributed by atoms with E-state index >= 15 is 0 Å². The lowest BCUT2D eigenvalue weighted by Gasteiger charge is -2.14. The van der Waals surface area contributed by atoms with E-state index in [0.29, 0.717) is 11.7 Å². The van der Waals surface area contributed by atoms with Crippen molar-refractivity contribution in [2.75, 3.05) is 5.75 Å². The van der Waals surface area contributed by atoms with Crippen molar-refractivity contribution in [1.29, 1.82) is 0 Å². The van der Waals surface area contributed by atoms with E-state index in [0.717, 1.165) is 18.6 Å². The third-order valence-corrected chi connectivity index (χ3v) is 4.41. The Morgan fingerprint density at radius 1 is 1.56 bits per heavy atom. The number of thioether (sulfide) groups is 1. The summed E-state index contributed by atoms with van der Waals surface area (Å²) in [5.41, 5.74) is 0. The van der Waals surface area contributed by atoms with Crippen LogP contribution in [0.1, 0.15) is 25.7 Å². The number of hydrogen-bond donors (Lipinski definition) is 2. The van der Waals surface area contributed by atoms with Crippen molar-refractivity contribution in [3.63, 3.8) is 0 Å². The molecule has 2 rings (SSSR count). The molecular weight excluding hydrogens is 230 g/mol. The Morgan fingerprint density at radius 2 is 2.38 bits per heavy atom. The largest absolute Gasteiger partial charge is 0.481 e. The Morgan fingerprint density at radius 3 is 3.12 bits per heavy atom. The molecule has 0 radical (unpaired) electrons. The lowest BCUT2D eigenvalue weighted by Crippen LogP contribution is -2.32. The van der Waals surface area contributed by atoms with Gasteiger partial charge in [-0.05, 0) is 12.8 Å². The zero-order chi connectivity index (χ0) is 11.5. The Hall–Kier alpha value is -0.910. The van der Waals surface area contributed by atoms with Crippen LogP contribution in [0.15, 0.2) is 0 Å². The molecule has 0 saturated carbocycles. The van der Waals surface area contributed by atoms with Crippen LogP contribution >= 0.6 is 11.8 Å². The maximum absolute atomic E-state index is 11.0. The summed E-state index contributed by atoms with van der Waals surface area (Å²) >= 11 is 1.81. The van der Waals surface area contributed by atoms with Crippen LogP contribution in [0.3, 0.4) is 0 Å². The number of carboxylic acid groups (broad SMARTS) is 1. The Bertz CT molecular complexity index is 297. The van der Waals surface area contributed by atoms with Crippen molar-refractivity contribution in [3.8, 4) is 0 Å². The number of carbonyl (C=O) groups excluding carboxylic acids is 1. The van der Waals surface area contributed by atoms with E-state index in [1.54, 1.807) is 0 Å². The first kappa shape index (κ1) is 11.6. The predicted molar refractivity (Wildman–Crippen MR) is 59.5 cm³/mol.